The lowest BCUT2D eigenvalue weighted by Gasteiger charge is -2.30. The number of allylic oxidation sites excluding steroid dienone is 1. The van der Waals surface area contributed by atoms with Crippen molar-refractivity contribution in [1.29, 1.82) is 0 Å². The molecule has 1 amide bonds. The lowest BCUT2D eigenvalue weighted by Crippen LogP contribution is -2.32. The number of benzene rings is 3. The zero-order valence-electron chi connectivity index (χ0n) is 17.7. The van der Waals surface area contributed by atoms with Gasteiger partial charge in [-0.15, -0.1) is 0 Å². The zero-order chi connectivity index (χ0) is 22.9. The summed E-state index contributed by atoms with van der Waals surface area (Å²) in [5.74, 6) is -0.0218. The van der Waals surface area contributed by atoms with Crippen molar-refractivity contribution < 1.29 is 4.79 Å². The molecule has 1 aliphatic heterocycles. The van der Waals surface area contributed by atoms with Crippen molar-refractivity contribution in [1.82, 2.24) is 5.01 Å². The first-order valence-corrected chi connectivity index (χ1v) is 12.9. The summed E-state index contributed by atoms with van der Waals surface area (Å²) in [5, 5.41) is 7.06. The van der Waals surface area contributed by atoms with Crippen LogP contribution >= 0.6 is 43.5 Å². The Morgan fingerprint density at radius 3 is 2.33 bits per heavy atom. The highest BCUT2D eigenvalue weighted by Crippen LogP contribution is 2.45. The Bertz CT molecular complexity index is 1250. The van der Waals surface area contributed by atoms with Crippen LogP contribution in [0.3, 0.4) is 0 Å². The summed E-state index contributed by atoms with van der Waals surface area (Å²) in [7, 11) is 0. The number of amides is 1. The Kier molecular flexibility index (Phi) is 6.55. The van der Waals surface area contributed by atoms with E-state index < -0.39 is 0 Å². The molecule has 3 aromatic carbocycles. The number of hydrazone groups is 1. The number of carbonyl (C=O) groups excluding carboxylic acids is 1. The molecule has 1 fully saturated rings. The van der Waals surface area contributed by atoms with E-state index >= 15 is 0 Å². The van der Waals surface area contributed by atoms with Crippen molar-refractivity contribution in [2.75, 3.05) is 0 Å². The van der Waals surface area contributed by atoms with E-state index in [1.807, 2.05) is 36.4 Å². The van der Waals surface area contributed by atoms with Crippen molar-refractivity contribution in [3.05, 3.63) is 109 Å². The van der Waals surface area contributed by atoms with Gasteiger partial charge in [-0.25, -0.2) is 5.01 Å². The second kappa shape index (κ2) is 9.57. The van der Waals surface area contributed by atoms with Crippen molar-refractivity contribution >= 4 is 61.2 Å². The molecule has 1 heterocycles. The molecule has 0 aromatic heterocycles. The van der Waals surface area contributed by atoms with Crippen LogP contribution in [-0.4, -0.2) is 16.6 Å². The SMILES string of the molecule is O=C(c1ccccc1Cl)N1N=C2/C(=C\c3ccc(Br)cc3)CCC[C@@H]2[C@H]1c1ccc(Br)cc1. The number of fused-ring (bicyclic) bond motifs is 1. The fraction of sp³-hybridized carbons (Fsp3) is 0.185. The first kappa shape index (κ1) is 22.6. The normalized spacial score (nSPS) is 21.1. The van der Waals surface area contributed by atoms with Gasteiger partial charge in [0.1, 0.15) is 0 Å². The maximum Gasteiger partial charge on any atom is 0.276 e. The summed E-state index contributed by atoms with van der Waals surface area (Å²) < 4.78 is 2.06. The monoisotopic (exact) mass is 582 g/mol. The summed E-state index contributed by atoms with van der Waals surface area (Å²) >= 11 is 13.4. The van der Waals surface area contributed by atoms with Crippen LogP contribution in [0.15, 0.2) is 92.4 Å². The molecule has 0 bridgehead atoms. The van der Waals surface area contributed by atoms with Gasteiger partial charge in [0.2, 0.25) is 0 Å². The van der Waals surface area contributed by atoms with Gasteiger partial charge in [0, 0.05) is 14.9 Å². The molecule has 166 valence electrons. The fourth-order valence-electron chi connectivity index (χ4n) is 4.68. The van der Waals surface area contributed by atoms with Crippen molar-refractivity contribution in [3.63, 3.8) is 0 Å². The molecule has 3 aromatic rings. The number of halogens is 3. The van der Waals surface area contributed by atoms with Gasteiger partial charge in [-0.2, -0.15) is 5.10 Å². The fourth-order valence-corrected chi connectivity index (χ4v) is 5.42. The third-order valence-corrected chi connectivity index (χ3v) is 7.62. The van der Waals surface area contributed by atoms with Crippen LogP contribution in [0.5, 0.6) is 0 Å². The highest BCUT2D eigenvalue weighted by Gasteiger charge is 2.44. The third-order valence-electron chi connectivity index (χ3n) is 6.24. The average Bonchev–Trinajstić information content (AvgIpc) is 3.22. The highest BCUT2D eigenvalue weighted by atomic mass is 79.9. The molecule has 1 saturated carbocycles. The molecule has 5 rings (SSSR count). The second-order valence-electron chi connectivity index (χ2n) is 8.33. The van der Waals surface area contributed by atoms with E-state index in [9.17, 15) is 4.79 Å². The molecule has 0 N–H and O–H groups in total. The predicted molar refractivity (Wildman–Crippen MR) is 141 cm³/mol. The topological polar surface area (TPSA) is 32.7 Å². The zero-order valence-corrected chi connectivity index (χ0v) is 21.6. The summed E-state index contributed by atoms with van der Waals surface area (Å²) in [4.78, 5) is 13.7. The number of carbonyl (C=O) groups is 1. The molecule has 1 aliphatic carbocycles. The van der Waals surface area contributed by atoms with Crippen LogP contribution in [0, 0.1) is 5.92 Å². The molecule has 3 nitrogen and oxygen atoms in total. The molecule has 2 aliphatic rings. The van der Waals surface area contributed by atoms with E-state index in [2.05, 4.69) is 62.2 Å². The summed E-state index contributed by atoms with van der Waals surface area (Å²) in [6.07, 6.45) is 5.21. The van der Waals surface area contributed by atoms with Gasteiger partial charge in [0.15, 0.2) is 0 Å². The summed E-state index contributed by atoms with van der Waals surface area (Å²) in [5.41, 5.74) is 4.89. The summed E-state index contributed by atoms with van der Waals surface area (Å²) in [6, 6.07) is 23.5. The van der Waals surface area contributed by atoms with Crippen molar-refractivity contribution in [2.45, 2.75) is 25.3 Å². The van der Waals surface area contributed by atoms with Gasteiger partial charge in [0.25, 0.3) is 5.91 Å². The second-order valence-corrected chi connectivity index (χ2v) is 10.6. The first-order valence-electron chi connectivity index (χ1n) is 10.9. The third kappa shape index (κ3) is 4.59. The summed E-state index contributed by atoms with van der Waals surface area (Å²) in [6.45, 7) is 0. The minimum atomic E-state index is -0.168. The molecular weight excluding hydrogens is 564 g/mol. The maximum atomic E-state index is 13.7. The molecular formula is C27H21Br2ClN2O. The Morgan fingerprint density at radius 1 is 0.970 bits per heavy atom. The molecule has 2 atom stereocenters. The number of hydrogen-bond acceptors (Lipinski definition) is 2. The van der Waals surface area contributed by atoms with E-state index in [1.54, 1.807) is 17.1 Å². The van der Waals surface area contributed by atoms with E-state index in [4.69, 9.17) is 16.7 Å². The lowest BCUT2D eigenvalue weighted by atomic mass is 9.77. The molecule has 0 unspecified atom stereocenters. The Labute approximate surface area is 215 Å². The first-order chi connectivity index (χ1) is 16.0. The van der Waals surface area contributed by atoms with Crippen molar-refractivity contribution in [2.24, 2.45) is 11.0 Å². The van der Waals surface area contributed by atoms with Crippen LogP contribution in [0.1, 0.15) is 46.8 Å². The van der Waals surface area contributed by atoms with Crippen molar-refractivity contribution in [3.8, 4) is 0 Å². The van der Waals surface area contributed by atoms with Gasteiger partial charge >= 0.3 is 0 Å². The van der Waals surface area contributed by atoms with Gasteiger partial charge in [-0.1, -0.05) is 79.9 Å². The van der Waals surface area contributed by atoms with Gasteiger partial charge in [0.05, 0.1) is 22.3 Å². The van der Waals surface area contributed by atoms with Gasteiger partial charge in [-0.05, 0) is 78.4 Å². The Hall–Kier alpha value is -2.21. The number of hydrogen-bond donors (Lipinski definition) is 0. The highest BCUT2D eigenvalue weighted by molar-refractivity contribution is 9.10. The van der Waals surface area contributed by atoms with E-state index in [0.29, 0.717) is 10.6 Å². The average molecular weight is 585 g/mol. The number of rotatable bonds is 3. The van der Waals surface area contributed by atoms with E-state index in [-0.39, 0.29) is 17.9 Å². The Balaban J connectivity index is 1.59. The van der Waals surface area contributed by atoms with Crippen LogP contribution in [0.4, 0.5) is 0 Å². The van der Waals surface area contributed by atoms with Crippen LogP contribution in [-0.2, 0) is 0 Å². The van der Waals surface area contributed by atoms with E-state index in [1.165, 1.54) is 5.57 Å². The maximum absolute atomic E-state index is 13.7. The molecule has 0 spiro atoms. The predicted octanol–water partition coefficient (Wildman–Crippen LogP) is 8.30. The minimum Gasteiger partial charge on any atom is -0.267 e. The molecule has 0 radical (unpaired) electrons. The number of nitrogens with zero attached hydrogens (tertiary/aromatic N) is 2. The van der Waals surface area contributed by atoms with Crippen LogP contribution in [0.2, 0.25) is 5.02 Å². The van der Waals surface area contributed by atoms with Crippen LogP contribution < -0.4 is 0 Å². The molecule has 6 heteroatoms. The van der Waals surface area contributed by atoms with Gasteiger partial charge < -0.3 is 0 Å². The minimum absolute atomic E-state index is 0.146. The van der Waals surface area contributed by atoms with Crippen LogP contribution in [0.25, 0.3) is 6.08 Å². The largest absolute Gasteiger partial charge is 0.276 e. The molecule has 0 saturated heterocycles. The lowest BCUT2D eigenvalue weighted by molar-refractivity contribution is 0.0681. The quantitative estimate of drug-likeness (QED) is 0.305. The molecule has 33 heavy (non-hydrogen) atoms. The standard InChI is InChI=1S/C27H21Br2ClN2O/c28-20-12-8-17(9-13-20)16-19-4-3-6-23-25(19)31-32(26(23)18-10-14-21(29)15-11-18)27(33)22-5-1-2-7-24(22)30/h1-2,5,7-16,23,26H,3-4,6H2/b19-16-/t23-,26+/m0/s1. The Morgan fingerprint density at radius 2 is 1.64 bits per heavy atom. The smallest absolute Gasteiger partial charge is 0.267 e. The van der Waals surface area contributed by atoms with Gasteiger partial charge in [-0.3, -0.25) is 4.79 Å². The van der Waals surface area contributed by atoms with E-state index in [0.717, 1.165) is 45.0 Å².